The van der Waals surface area contributed by atoms with Gasteiger partial charge in [0.1, 0.15) is 16.1 Å². The Morgan fingerprint density at radius 1 is 1.17 bits per heavy atom. The van der Waals surface area contributed by atoms with Crippen LogP contribution in [0.25, 0.3) is 10.3 Å². The van der Waals surface area contributed by atoms with Gasteiger partial charge in [0, 0.05) is 23.0 Å². The molecule has 0 aliphatic rings. The number of carbonyl (C=O) groups is 1. The predicted molar refractivity (Wildman–Crippen MR) is 119 cm³/mol. The van der Waals surface area contributed by atoms with E-state index in [-0.39, 0.29) is 5.97 Å². The van der Waals surface area contributed by atoms with E-state index in [2.05, 4.69) is 25.0 Å². The topological polar surface area (TPSA) is 86.2 Å². The van der Waals surface area contributed by atoms with Crippen molar-refractivity contribution in [2.45, 2.75) is 11.3 Å². The third kappa shape index (κ3) is 5.05. The number of rotatable bonds is 8. The second kappa shape index (κ2) is 9.55. The number of fused-ring (bicyclic) bond motifs is 1. The molecule has 0 fully saturated rings. The number of para-hydroxylation sites is 1. The van der Waals surface area contributed by atoms with Crippen LogP contribution in [-0.2, 0) is 9.53 Å². The summed E-state index contributed by atoms with van der Waals surface area (Å²) in [5, 5.41) is 3.92. The van der Waals surface area contributed by atoms with Gasteiger partial charge in [-0.1, -0.05) is 29.5 Å². The van der Waals surface area contributed by atoms with E-state index in [9.17, 15) is 4.79 Å². The molecular formula is C21H18N4O3S2. The highest BCUT2D eigenvalue weighted by Crippen LogP contribution is 2.35. The second-order valence-electron chi connectivity index (χ2n) is 6.08. The van der Waals surface area contributed by atoms with Crippen LogP contribution in [-0.4, -0.2) is 33.8 Å². The van der Waals surface area contributed by atoms with Crippen LogP contribution >= 0.6 is 23.1 Å². The molecule has 1 aromatic carbocycles. The molecule has 0 unspecified atom stereocenters. The minimum atomic E-state index is -0.237. The molecule has 0 spiro atoms. The van der Waals surface area contributed by atoms with Gasteiger partial charge in [-0.2, -0.15) is 0 Å². The Bertz CT molecular complexity index is 1120. The zero-order valence-corrected chi connectivity index (χ0v) is 17.7. The summed E-state index contributed by atoms with van der Waals surface area (Å²) in [5.74, 6) is 2.17. The number of pyridine rings is 2. The number of esters is 1. The van der Waals surface area contributed by atoms with E-state index >= 15 is 0 Å². The summed E-state index contributed by atoms with van der Waals surface area (Å²) in [7, 11) is 1.39. The van der Waals surface area contributed by atoms with E-state index in [1.165, 1.54) is 30.2 Å². The highest BCUT2D eigenvalue weighted by atomic mass is 32.2. The maximum absolute atomic E-state index is 11.3. The quantitative estimate of drug-likeness (QED) is 0.294. The standard InChI is InChI=1S/C21H18N4O3S2/c1-27-18(26)9-11-29-15-12-17(28-14-6-3-2-4-7-14)19(23-13-15)25-21-24-16-8-5-10-22-20(16)30-21/h2-8,10,12-13H,9,11H2,1H3,(H,23,24,25). The average molecular weight is 439 g/mol. The first-order valence-electron chi connectivity index (χ1n) is 9.12. The van der Waals surface area contributed by atoms with Gasteiger partial charge in [-0.05, 0) is 30.3 Å². The summed E-state index contributed by atoms with van der Waals surface area (Å²) in [5.41, 5.74) is 0.825. The number of carbonyl (C=O) groups excluding carboxylic acids is 1. The van der Waals surface area contributed by atoms with Gasteiger partial charge in [0.2, 0.25) is 0 Å². The Hall–Kier alpha value is -3.17. The van der Waals surface area contributed by atoms with Gasteiger partial charge in [-0.3, -0.25) is 4.79 Å². The van der Waals surface area contributed by atoms with Gasteiger partial charge in [0.15, 0.2) is 16.7 Å². The Morgan fingerprint density at radius 3 is 2.83 bits per heavy atom. The Morgan fingerprint density at radius 2 is 2.03 bits per heavy atom. The van der Waals surface area contributed by atoms with Crippen LogP contribution in [0.5, 0.6) is 11.5 Å². The van der Waals surface area contributed by atoms with E-state index in [0.717, 1.165) is 15.2 Å². The molecule has 4 rings (SSSR count). The van der Waals surface area contributed by atoms with Crippen LogP contribution in [0.15, 0.2) is 65.8 Å². The lowest BCUT2D eigenvalue weighted by Crippen LogP contribution is -2.01. The molecule has 0 atom stereocenters. The van der Waals surface area contributed by atoms with E-state index in [1.54, 1.807) is 12.4 Å². The molecule has 7 nitrogen and oxygen atoms in total. The van der Waals surface area contributed by atoms with Crippen molar-refractivity contribution in [1.29, 1.82) is 0 Å². The minimum absolute atomic E-state index is 0.237. The van der Waals surface area contributed by atoms with Crippen LogP contribution in [0.2, 0.25) is 0 Å². The number of ether oxygens (including phenoxy) is 2. The number of hydrogen-bond acceptors (Lipinski definition) is 9. The summed E-state index contributed by atoms with van der Waals surface area (Å²) >= 11 is 2.96. The van der Waals surface area contributed by atoms with Gasteiger partial charge < -0.3 is 14.8 Å². The number of methoxy groups -OCH3 is 1. The summed E-state index contributed by atoms with van der Waals surface area (Å²) in [4.78, 5) is 26.5. The highest BCUT2D eigenvalue weighted by Gasteiger charge is 2.13. The molecule has 0 aliphatic carbocycles. The van der Waals surface area contributed by atoms with Crippen molar-refractivity contribution in [2.24, 2.45) is 0 Å². The molecule has 30 heavy (non-hydrogen) atoms. The lowest BCUT2D eigenvalue weighted by Gasteiger charge is -2.12. The summed E-state index contributed by atoms with van der Waals surface area (Å²) in [6.45, 7) is 0. The second-order valence-corrected chi connectivity index (χ2v) is 8.23. The average Bonchev–Trinajstić information content (AvgIpc) is 3.18. The van der Waals surface area contributed by atoms with Gasteiger partial charge >= 0.3 is 5.97 Å². The molecule has 3 aromatic heterocycles. The SMILES string of the molecule is COC(=O)CCSc1cnc(Nc2nc3cccnc3s2)c(Oc2ccccc2)c1. The predicted octanol–water partition coefficient (Wildman–Crippen LogP) is 5.28. The van der Waals surface area contributed by atoms with Crippen LogP contribution in [0.4, 0.5) is 10.9 Å². The monoisotopic (exact) mass is 438 g/mol. The van der Waals surface area contributed by atoms with Crippen LogP contribution in [0, 0.1) is 0 Å². The lowest BCUT2D eigenvalue weighted by atomic mass is 10.3. The summed E-state index contributed by atoms with van der Waals surface area (Å²) in [6.07, 6.45) is 3.81. The molecule has 3 heterocycles. The molecule has 0 bridgehead atoms. The van der Waals surface area contributed by atoms with Crippen LogP contribution in [0.3, 0.4) is 0 Å². The molecule has 0 saturated carbocycles. The Balaban J connectivity index is 1.58. The first kappa shape index (κ1) is 20.1. The van der Waals surface area contributed by atoms with E-state index < -0.39 is 0 Å². The minimum Gasteiger partial charge on any atom is -0.469 e. The van der Waals surface area contributed by atoms with Gasteiger partial charge in [0.25, 0.3) is 0 Å². The zero-order chi connectivity index (χ0) is 20.8. The molecule has 152 valence electrons. The fourth-order valence-corrected chi connectivity index (χ4v) is 4.20. The molecule has 0 saturated heterocycles. The molecule has 0 aliphatic heterocycles. The van der Waals surface area contributed by atoms with E-state index in [0.29, 0.717) is 34.6 Å². The van der Waals surface area contributed by atoms with Crippen molar-refractivity contribution in [2.75, 3.05) is 18.2 Å². The molecule has 1 N–H and O–H groups in total. The van der Waals surface area contributed by atoms with Crippen molar-refractivity contribution < 1.29 is 14.3 Å². The number of nitrogens with one attached hydrogen (secondary N) is 1. The fourth-order valence-electron chi connectivity index (χ4n) is 2.57. The maximum Gasteiger partial charge on any atom is 0.306 e. The zero-order valence-electron chi connectivity index (χ0n) is 16.1. The third-order valence-corrected chi connectivity index (χ3v) is 5.85. The number of anilines is 2. The van der Waals surface area contributed by atoms with Crippen LogP contribution < -0.4 is 10.1 Å². The van der Waals surface area contributed by atoms with E-state index in [4.69, 9.17) is 4.74 Å². The smallest absolute Gasteiger partial charge is 0.306 e. The number of hydrogen-bond donors (Lipinski definition) is 1. The molecule has 9 heteroatoms. The molecule has 4 aromatic rings. The fraction of sp³-hybridized carbons (Fsp3) is 0.143. The first-order chi connectivity index (χ1) is 14.7. The highest BCUT2D eigenvalue weighted by molar-refractivity contribution is 7.99. The number of nitrogens with zero attached hydrogens (tertiary/aromatic N) is 3. The lowest BCUT2D eigenvalue weighted by molar-refractivity contribution is -0.140. The van der Waals surface area contributed by atoms with Crippen molar-refractivity contribution in [3.05, 3.63) is 60.9 Å². The Kier molecular flexibility index (Phi) is 6.41. The van der Waals surface area contributed by atoms with Crippen molar-refractivity contribution in [1.82, 2.24) is 15.0 Å². The van der Waals surface area contributed by atoms with Crippen molar-refractivity contribution in [3.63, 3.8) is 0 Å². The van der Waals surface area contributed by atoms with E-state index in [1.807, 2.05) is 48.5 Å². The molecular weight excluding hydrogens is 420 g/mol. The maximum atomic E-state index is 11.3. The van der Waals surface area contributed by atoms with Crippen molar-refractivity contribution >= 4 is 50.4 Å². The summed E-state index contributed by atoms with van der Waals surface area (Å²) < 4.78 is 10.8. The largest absolute Gasteiger partial charge is 0.469 e. The van der Waals surface area contributed by atoms with Gasteiger partial charge in [-0.15, -0.1) is 11.8 Å². The van der Waals surface area contributed by atoms with Gasteiger partial charge in [0.05, 0.1) is 13.5 Å². The van der Waals surface area contributed by atoms with Gasteiger partial charge in [-0.25, -0.2) is 15.0 Å². The third-order valence-electron chi connectivity index (χ3n) is 3.99. The molecule has 0 radical (unpaired) electrons. The Labute approximate surface area is 181 Å². The molecule has 0 amide bonds. The van der Waals surface area contributed by atoms with Crippen LogP contribution in [0.1, 0.15) is 6.42 Å². The number of benzene rings is 1. The first-order valence-corrected chi connectivity index (χ1v) is 10.9. The number of thioether (sulfide) groups is 1. The number of aromatic nitrogens is 3. The number of thiazole rings is 1. The van der Waals surface area contributed by atoms with Crippen molar-refractivity contribution in [3.8, 4) is 11.5 Å². The summed E-state index contributed by atoms with van der Waals surface area (Å²) in [6, 6.07) is 15.2. The normalized spacial score (nSPS) is 10.7.